The topological polar surface area (TPSA) is 66.0 Å². The van der Waals surface area contributed by atoms with Crippen LogP contribution in [0.4, 0.5) is 0 Å². The van der Waals surface area contributed by atoms with E-state index >= 15 is 0 Å². The second-order valence-electron chi connectivity index (χ2n) is 4.86. The number of carbonyl (C=O) groups is 1. The van der Waals surface area contributed by atoms with Crippen LogP contribution >= 0.6 is 0 Å². The van der Waals surface area contributed by atoms with E-state index in [4.69, 9.17) is 18.9 Å². The summed E-state index contributed by atoms with van der Waals surface area (Å²) in [5.41, 5.74) is 0. The van der Waals surface area contributed by atoms with E-state index in [1.807, 2.05) is 13.8 Å². The molecule has 1 N–H and O–H groups in total. The molecule has 0 rings (SSSR count). The number of hydrogen-bond donors (Lipinski definition) is 1. The number of Topliss-reactive ketones (excluding diaryl/α,β-unsaturated/α-hetero) is 1. The molecular weight excluding hydrogens is 274 g/mol. The van der Waals surface area contributed by atoms with E-state index in [0.717, 1.165) is 13.1 Å². The summed E-state index contributed by atoms with van der Waals surface area (Å²) in [5, 5.41) is 3.18. The van der Waals surface area contributed by atoms with Crippen molar-refractivity contribution in [2.24, 2.45) is 5.92 Å². The van der Waals surface area contributed by atoms with Gasteiger partial charge in [0.25, 0.3) is 0 Å². The Bertz CT molecular complexity index is 236. The summed E-state index contributed by atoms with van der Waals surface area (Å²) in [6.45, 7) is 11.7. The van der Waals surface area contributed by atoms with E-state index in [2.05, 4.69) is 12.2 Å². The van der Waals surface area contributed by atoms with E-state index in [0.29, 0.717) is 46.2 Å². The summed E-state index contributed by atoms with van der Waals surface area (Å²) in [4.78, 5) is 11.3. The number of rotatable bonds is 16. The van der Waals surface area contributed by atoms with Gasteiger partial charge in [-0.3, -0.25) is 4.79 Å². The van der Waals surface area contributed by atoms with Gasteiger partial charge in [-0.05, 0) is 6.54 Å². The van der Waals surface area contributed by atoms with Crippen molar-refractivity contribution in [1.82, 2.24) is 5.32 Å². The first kappa shape index (κ1) is 20.5. The highest BCUT2D eigenvalue weighted by Gasteiger charge is 2.06. The average Bonchev–Trinajstić information content (AvgIpc) is 2.47. The fraction of sp³-hybridized carbons (Fsp3) is 0.933. The van der Waals surface area contributed by atoms with Gasteiger partial charge in [0.15, 0.2) is 5.78 Å². The zero-order valence-corrected chi connectivity index (χ0v) is 13.7. The predicted octanol–water partition coefficient (Wildman–Crippen LogP) is 0.887. The van der Waals surface area contributed by atoms with Gasteiger partial charge in [-0.25, -0.2) is 0 Å². The Morgan fingerprint density at radius 1 is 0.857 bits per heavy atom. The van der Waals surface area contributed by atoms with Gasteiger partial charge in [-0.1, -0.05) is 20.8 Å². The zero-order chi connectivity index (χ0) is 15.8. The highest BCUT2D eigenvalue weighted by molar-refractivity contribution is 5.81. The smallest absolute Gasteiger partial charge is 0.160 e. The molecule has 0 aliphatic carbocycles. The number of hydrogen-bond acceptors (Lipinski definition) is 6. The van der Waals surface area contributed by atoms with Crippen molar-refractivity contribution < 1.29 is 23.7 Å². The molecule has 6 nitrogen and oxygen atoms in total. The number of carbonyl (C=O) groups excluding carboxylic acids is 1. The molecule has 0 aromatic carbocycles. The van der Waals surface area contributed by atoms with Crippen LogP contribution in [0.15, 0.2) is 0 Å². The van der Waals surface area contributed by atoms with Crippen LogP contribution in [-0.2, 0) is 23.7 Å². The maximum absolute atomic E-state index is 11.3. The molecular formula is C15H31NO5. The molecule has 0 saturated heterocycles. The molecule has 6 heteroatoms. The fourth-order valence-electron chi connectivity index (χ4n) is 1.32. The summed E-state index contributed by atoms with van der Waals surface area (Å²) in [6, 6.07) is 0. The van der Waals surface area contributed by atoms with Crippen LogP contribution in [0.5, 0.6) is 0 Å². The third-order valence-electron chi connectivity index (χ3n) is 2.68. The monoisotopic (exact) mass is 305 g/mol. The highest BCUT2D eigenvalue weighted by Crippen LogP contribution is 1.94. The van der Waals surface area contributed by atoms with Gasteiger partial charge in [-0.15, -0.1) is 0 Å². The largest absolute Gasteiger partial charge is 0.378 e. The second-order valence-corrected chi connectivity index (χ2v) is 4.86. The second kappa shape index (κ2) is 15.9. The summed E-state index contributed by atoms with van der Waals surface area (Å²) < 4.78 is 21.2. The van der Waals surface area contributed by atoms with E-state index in [9.17, 15) is 4.79 Å². The van der Waals surface area contributed by atoms with Crippen LogP contribution in [0.1, 0.15) is 20.8 Å². The van der Waals surface area contributed by atoms with Gasteiger partial charge in [0.05, 0.1) is 46.2 Å². The molecule has 0 atom stereocenters. The maximum atomic E-state index is 11.3. The normalized spacial score (nSPS) is 11.2. The highest BCUT2D eigenvalue weighted by atomic mass is 16.6. The predicted molar refractivity (Wildman–Crippen MR) is 81.7 cm³/mol. The molecule has 0 radical (unpaired) electrons. The Hall–Kier alpha value is -0.530. The zero-order valence-electron chi connectivity index (χ0n) is 13.7. The van der Waals surface area contributed by atoms with Crippen molar-refractivity contribution in [3.05, 3.63) is 0 Å². The lowest BCUT2D eigenvalue weighted by atomic mass is 10.1. The molecule has 0 aliphatic rings. The molecule has 0 spiro atoms. The first-order valence-corrected chi connectivity index (χ1v) is 7.72. The molecule has 0 bridgehead atoms. The molecule has 21 heavy (non-hydrogen) atoms. The molecule has 126 valence electrons. The molecule has 0 aliphatic heterocycles. The van der Waals surface area contributed by atoms with E-state index in [-0.39, 0.29) is 18.3 Å². The summed E-state index contributed by atoms with van der Waals surface area (Å²) >= 11 is 0. The number of likely N-dealkylation sites (N-methyl/N-ethyl adjacent to an activating group) is 1. The first-order valence-electron chi connectivity index (χ1n) is 7.72. The van der Waals surface area contributed by atoms with Gasteiger partial charge >= 0.3 is 0 Å². The number of ketones is 1. The first-order chi connectivity index (χ1) is 10.2. The van der Waals surface area contributed by atoms with Gasteiger partial charge in [0, 0.05) is 12.5 Å². The molecule has 0 amide bonds. The molecule has 0 unspecified atom stereocenters. The lowest BCUT2D eigenvalue weighted by Gasteiger charge is -2.08. The van der Waals surface area contributed by atoms with Crippen LogP contribution in [0, 0.1) is 5.92 Å². The molecule has 0 heterocycles. The Kier molecular flexibility index (Phi) is 15.5. The lowest BCUT2D eigenvalue weighted by Crippen LogP contribution is -2.20. The molecule has 0 aromatic rings. The SMILES string of the molecule is CCNCCOCCOCCOCCOCC(=O)C(C)C. The third kappa shape index (κ3) is 15.7. The number of ether oxygens (including phenoxy) is 4. The van der Waals surface area contributed by atoms with Crippen molar-refractivity contribution in [2.75, 3.05) is 65.9 Å². The quantitative estimate of drug-likeness (QED) is 0.427. The molecule has 0 fully saturated rings. The number of nitrogens with one attached hydrogen (secondary N) is 1. The minimum absolute atomic E-state index is 0.0271. The molecule has 0 saturated carbocycles. The Balaban J connectivity index is 3.04. The van der Waals surface area contributed by atoms with Crippen molar-refractivity contribution in [1.29, 1.82) is 0 Å². The van der Waals surface area contributed by atoms with Crippen LogP contribution < -0.4 is 5.32 Å². The fourth-order valence-corrected chi connectivity index (χ4v) is 1.32. The van der Waals surface area contributed by atoms with Crippen molar-refractivity contribution in [3.8, 4) is 0 Å². The van der Waals surface area contributed by atoms with Gasteiger partial charge < -0.3 is 24.3 Å². The van der Waals surface area contributed by atoms with Crippen LogP contribution in [0.25, 0.3) is 0 Å². The standard InChI is InChI=1S/C15H31NO5/c1-4-16-5-6-18-7-8-19-9-10-20-11-12-21-13-15(17)14(2)3/h14,16H,4-13H2,1-3H3. The van der Waals surface area contributed by atoms with Crippen LogP contribution in [0.3, 0.4) is 0 Å². The minimum atomic E-state index is 0.0271. The lowest BCUT2D eigenvalue weighted by molar-refractivity contribution is -0.127. The van der Waals surface area contributed by atoms with Gasteiger partial charge in [0.1, 0.15) is 6.61 Å². The van der Waals surface area contributed by atoms with Crippen molar-refractivity contribution in [3.63, 3.8) is 0 Å². The van der Waals surface area contributed by atoms with Gasteiger partial charge in [-0.2, -0.15) is 0 Å². The van der Waals surface area contributed by atoms with E-state index in [1.165, 1.54) is 0 Å². The van der Waals surface area contributed by atoms with Crippen molar-refractivity contribution >= 4 is 5.78 Å². The Morgan fingerprint density at radius 2 is 1.33 bits per heavy atom. The Morgan fingerprint density at radius 3 is 1.81 bits per heavy atom. The van der Waals surface area contributed by atoms with Crippen LogP contribution in [0.2, 0.25) is 0 Å². The summed E-state index contributed by atoms with van der Waals surface area (Å²) in [6.07, 6.45) is 0. The van der Waals surface area contributed by atoms with E-state index < -0.39 is 0 Å². The van der Waals surface area contributed by atoms with Gasteiger partial charge in [0.2, 0.25) is 0 Å². The van der Waals surface area contributed by atoms with Crippen LogP contribution in [-0.4, -0.2) is 71.7 Å². The Labute approximate surface area is 128 Å². The molecule has 0 aromatic heterocycles. The maximum Gasteiger partial charge on any atom is 0.160 e. The summed E-state index contributed by atoms with van der Waals surface area (Å²) in [5.74, 6) is 0.145. The minimum Gasteiger partial charge on any atom is -0.378 e. The third-order valence-corrected chi connectivity index (χ3v) is 2.68. The summed E-state index contributed by atoms with van der Waals surface area (Å²) in [7, 11) is 0. The van der Waals surface area contributed by atoms with E-state index in [1.54, 1.807) is 0 Å². The van der Waals surface area contributed by atoms with Crippen molar-refractivity contribution in [2.45, 2.75) is 20.8 Å². The average molecular weight is 305 g/mol.